The van der Waals surface area contributed by atoms with Crippen LogP contribution >= 0.6 is 11.8 Å². The molecule has 1 aromatic rings. The number of nitrogens with one attached hydrogen (secondary N) is 1. The summed E-state index contributed by atoms with van der Waals surface area (Å²) < 4.78 is 0. The van der Waals surface area contributed by atoms with Crippen molar-refractivity contribution in [3.63, 3.8) is 0 Å². The van der Waals surface area contributed by atoms with Crippen molar-refractivity contribution in [2.75, 3.05) is 17.6 Å². The molecular formula is C12H15NO2S. The van der Waals surface area contributed by atoms with E-state index in [2.05, 4.69) is 17.4 Å². The molecule has 2 N–H and O–H groups in total. The van der Waals surface area contributed by atoms with Crippen LogP contribution < -0.4 is 5.32 Å². The third-order valence-electron chi connectivity index (χ3n) is 2.73. The molecule has 1 aliphatic rings. The molecule has 0 saturated heterocycles. The van der Waals surface area contributed by atoms with E-state index in [9.17, 15) is 4.79 Å². The number of hydrogen-bond donors (Lipinski definition) is 2. The summed E-state index contributed by atoms with van der Waals surface area (Å²) in [4.78, 5) is 11.9. The van der Waals surface area contributed by atoms with E-state index in [1.54, 1.807) is 0 Å². The van der Waals surface area contributed by atoms with Crippen molar-refractivity contribution >= 4 is 23.4 Å². The molecule has 16 heavy (non-hydrogen) atoms. The van der Waals surface area contributed by atoms with Crippen molar-refractivity contribution in [3.05, 3.63) is 23.8 Å². The zero-order chi connectivity index (χ0) is 11.5. The van der Waals surface area contributed by atoms with E-state index in [1.165, 1.54) is 10.6 Å². The summed E-state index contributed by atoms with van der Waals surface area (Å²) in [5.74, 6) is 0.408. The minimum atomic E-state index is -0.740. The van der Waals surface area contributed by atoms with E-state index in [4.69, 9.17) is 5.11 Å². The van der Waals surface area contributed by atoms with Crippen molar-refractivity contribution in [2.24, 2.45) is 0 Å². The highest BCUT2D eigenvalue weighted by Crippen LogP contribution is 2.33. The summed E-state index contributed by atoms with van der Waals surface area (Å²) in [6.07, 6.45) is 0.191. The fourth-order valence-electron chi connectivity index (χ4n) is 1.84. The third-order valence-corrected chi connectivity index (χ3v) is 3.79. The van der Waals surface area contributed by atoms with Gasteiger partial charge in [-0.2, -0.15) is 0 Å². The Morgan fingerprint density at radius 3 is 3.19 bits per heavy atom. The van der Waals surface area contributed by atoms with Crippen molar-refractivity contribution in [2.45, 2.75) is 24.2 Å². The molecular weight excluding hydrogens is 222 g/mol. The number of carboxylic acid groups (broad SMARTS) is 1. The van der Waals surface area contributed by atoms with Crippen molar-refractivity contribution in [1.82, 2.24) is 0 Å². The Balaban J connectivity index is 2.19. The molecule has 0 radical (unpaired) electrons. The van der Waals surface area contributed by atoms with Gasteiger partial charge in [0.1, 0.15) is 0 Å². The van der Waals surface area contributed by atoms with Gasteiger partial charge < -0.3 is 10.4 Å². The molecule has 1 aliphatic heterocycles. The number of carbonyl (C=O) groups is 1. The number of fused-ring (bicyclic) bond motifs is 1. The van der Waals surface area contributed by atoms with Crippen LogP contribution in [0.15, 0.2) is 23.1 Å². The van der Waals surface area contributed by atoms with Gasteiger partial charge in [0.25, 0.3) is 0 Å². The Hall–Kier alpha value is -1.16. The molecule has 86 valence electrons. The number of anilines is 1. The predicted octanol–water partition coefficient (Wildman–Crippen LogP) is 2.78. The number of hydrogen-bond acceptors (Lipinski definition) is 3. The summed E-state index contributed by atoms with van der Waals surface area (Å²) in [5, 5.41) is 12.1. The minimum Gasteiger partial charge on any atom is -0.481 e. The summed E-state index contributed by atoms with van der Waals surface area (Å²) >= 11 is 1.83. The van der Waals surface area contributed by atoms with Crippen LogP contribution in [0.1, 0.15) is 24.8 Å². The number of rotatable bonds is 3. The number of carboxylic acids is 1. The molecule has 0 fully saturated rings. The SMILES string of the molecule is CC(CC(=O)O)c1ccc2c(c1)SCCN2. The van der Waals surface area contributed by atoms with Gasteiger partial charge in [0, 0.05) is 22.9 Å². The van der Waals surface area contributed by atoms with Crippen molar-refractivity contribution in [1.29, 1.82) is 0 Å². The van der Waals surface area contributed by atoms with E-state index in [1.807, 2.05) is 24.8 Å². The van der Waals surface area contributed by atoms with Gasteiger partial charge in [0.05, 0.1) is 6.42 Å². The van der Waals surface area contributed by atoms with Crippen LogP contribution in [0.4, 0.5) is 5.69 Å². The highest BCUT2D eigenvalue weighted by Gasteiger charge is 2.14. The van der Waals surface area contributed by atoms with Crippen LogP contribution in [0.5, 0.6) is 0 Å². The molecule has 0 aromatic heterocycles. The highest BCUT2D eigenvalue weighted by molar-refractivity contribution is 7.99. The fraction of sp³-hybridized carbons (Fsp3) is 0.417. The van der Waals surface area contributed by atoms with E-state index in [0.29, 0.717) is 0 Å². The van der Waals surface area contributed by atoms with Gasteiger partial charge in [-0.25, -0.2) is 0 Å². The van der Waals surface area contributed by atoms with Crippen LogP contribution in [-0.4, -0.2) is 23.4 Å². The lowest BCUT2D eigenvalue weighted by molar-refractivity contribution is -0.137. The second kappa shape index (κ2) is 4.78. The van der Waals surface area contributed by atoms with Crippen LogP contribution in [0.25, 0.3) is 0 Å². The maximum absolute atomic E-state index is 10.7. The molecule has 1 unspecified atom stereocenters. The first-order valence-electron chi connectivity index (χ1n) is 5.39. The van der Waals surface area contributed by atoms with Crippen molar-refractivity contribution in [3.8, 4) is 0 Å². The fourth-order valence-corrected chi connectivity index (χ4v) is 2.78. The second-order valence-electron chi connectivity index (χ2n) is 4.03. The van der Waals surface area contributed by atoms with Gasteiger partial charge in [-0.3, -0.25) is 4.79 Å². The highest BCUT2D eigenvalue weighted by atomic mass is 32.2. The Labute approximate surface area is 99.2 Å². The number of benzene rings is 1. The van der Waals surface area contributed by atoms with Gasteiger partial charge >= 0.3 is 5.97 Å². The van der Waals surface area contributed by atoms with E-state index in [0.717, 1.165) is 17.9 Å². The normalized spacial score (nSPS) is 16.1. The standard InChI is InChI=1S/C12H15NO2S/c1-8(6-12(14)15)9-2-3-10-11(7-9)16-5-4-13-10/h2-3,7-8,13H,4-6H2,1H3,(H,14,15). The largest absolute Gasteiger partial charge is 0.481 e. The van der Waals surface area contributed by atoms with Crippen LogP contribution in [0.2, 0.25) is 0 Å². The molecule has 0 bridgehead atoms. The average molecular weight is 237 g/mol. The molecule has 1 atom stereocenters. The Morgan fingerprint density at radius 1 is 1.62 bits per heavy atom. The Morgan fingerprint density at radius 2 is 2.44 bits per heavy atom. The van der Waals surface area contributed by atoms with E-state index >= 15 is 0 Å². The first-order valence-corrected chi connectivity index (χ1v) is 6.38. The van der Waals surface area contributed by atoms with Crippen LogP contribution in [0, 0.1) is 0 Å². The number of aliphatic carboxylic acids is 1. The summed E-state index contributed by atoms with van der Waals surface area (Å²) in [6, 6.07) is 6.18. The number of thioether (sulfide) groups is 1. The lowest BCUT2D eigenvalue weighted by atomic mass is 9.97. The third kappa shape index (κ3) is 2.50. The quantitative estimate of drug-likeness (QED) is 0.848. The van der Waals surface area contributed by atoms with Gasteiger partial charge in [-0.15, -0.1) is 11.8 Å². The molecule has 0 spiro atoms. The average Bonchev–Trinajstić information content (AvgIpc) is 2.27. The maximum atomic E-state index is 10.7. The molecule has 1 aromatic carbocycles. The summed E-state index contributed by atoms with van der Waals surface area (Å²) in [6.45, 7) is 2.96. The zero-order valence-corrected chi connectivity index (χ0v) is 10.0. The summed E-state index contributed by atoms with van der Waals surface area (Å²) in [7, 11) is 0. The predicted molar refractivity (Wildman–Crippen MR) is 66.3 cm³/mol. The maximum Gasteiger partial charge on any atom is 0.303 e. The van der Waals surface area contributed by atoms with E-state index in [-0.39, 0.29) is 12.3 Å². The first kappa shape index (κ1) is 11.3. The second-order valence-corrected chi connectivity index (χ2v) is 5.17. The van der Waals surface area contributed by atoms with E-state index < -0.39 is 5.97 Å². The zero-order valence-electron chi connectivity index (χ0n) is 9.19. The lowest BCUT2D eigenvalue weighted by Gasteiger charge is -2.19. The van der Waals surface area contributed by atoms with Crippen molar-refractivity contribution < 1.29 is 9.90 Å². The summed E-state index contributed by atoms with van der Waals surface area (Å²) in [5.41, 5.74) is 2.28. The molecule has 3 nitrogen and oxygen atoms in total. The van der Waals surface area contributed by atoms with Crippen LogP contribution in [0.3, 0.4) is 0 Å². The smallest absolute Gasteiger partial charge is 0.303 e. The topological polar surface area (TPSA) is 49.3 Å². The Kier molecular flexibility index (Phi) is 3.39. The molecule has 4 heteroatoms. The molecule has 1 heterocycles. The van der Waals surface area contributed by atoms with Crippen LogP contribution in [-0.2, 0) is 4.79 Å². The molecule has 0 saturated carbocycles. The van der Waals surface area contributed by atoms with Gasteiger partial charge in [0.15, 0.2) is 0 Å². The molecule has 0 amide bonds. The van der Waals surface area contributed by atoms with Gasteiger partial charge in [0.2, 0.25) is 0 Å². The Bertz CT molecular complexity index is 406. The van der Waals surface area contributed by atoms with Gasteiger partial charge in [-0.1, -0.05) is 13.0 Å². The minimum absolute atomic E-state index is 0.0744. The molecule has 0 aliphatic carbocycles. The monoisotopic (exact) mass is 237 g/mol. The molecule has 2 rings (SSSR count). The van der Waals surface area contributed by atoms with Gasteiger partial charge in [-0.05, 0) is 23.6 Å². The lowest BCUT2D eigenvalue weighted by Crippen LogP contribution is -2.11. The first-order chi connectivity index (χ1) is 7.66.